The largest absolute Gasteiger partial charge is 0.377 e. The first-order valence-corrected chi connectivity index (χ1v) is 7.23. The maximum atomic E-state index is 5.58. The van der Waals surface area contributed by atoms with E-state index in [0.717, 1.165) is 13.2 Å². The zero-order valence-corrected chi connectivity index (χ0v) is 11.6. The lowest BCUT2D eigenvalue weighted by atomic mass is 10.1. The fourth-order valence-electron chi connectivity index (χ4n) is 1.88. The van der Waals surface area contributed by atoms with Crippen LogP contribution in [0.15, 0.2) is 36.4 Å². The molecule has 1 rings (SSSR count). The van der Waals surface area contributed by atoms with Gasteiger partial charge in [-0.25, -0.2) is 0 Å². The topological polar surface area (TPSA) is 9.23 Å². The minimum Gasteiger partial charge on any atom is -0.377 e. The summed E-state index contributed by atoms with van der Waals surface area (Å²) in [6.45, 7) is 3.87. The monoisotopic (exact) mass is 246 g/mol. The predicted octanol–water partition coefficient (Wildman–Crippen LogP) is 5.08. The van der Waals surface area contributed by atoms with Crippen LogP contribution >= 0.6 is 0 Å². The van der Waals surface area contributed by atoms with Crippen LogP contribution in [0, 0.1) is 0 Å². The predicted molar refractivity (Wildman–Crippen MR) is 79.7 cm³/mol. The summed E-state index contributed by atoms with van der Waals surface area (Å²) in [6, 6.07) is 10.3. The quantitative estimate of drug-likeness (QED) is 0.523. The first-order chi connectivity index (χ1) is 8.93. The molecule has 18 heavy (non-hydrogen) atoms. The van der Waals surface area contributed by atoms with E-state index in [9.17, 15) is 0 Å². The summed E-state index contributed by atoms with van der Waals surface area (Å²) in [5.41, 5.74) is 1.24. The van der Waals surface area contributed by atoms with Crippen LogP contribution in [-0.2, 0) is 4.74 Å². The van der Waals surface area contributed by atoms with E-state index < -0.39 is 0 Å². The van der Waals surface area contributed by atoms with Gasteiger partial charge in [-0.05, 0) is 12.0 Å². The molecule has 0 aliphatic heterocycles. The summed E-state index contributed by atoms with van der Waals surface area (Å²) in [6.07, 6.45) is 12.1. The van der Waals surface area contributed by atoms with Gasteiger partial charge in [-0.15, -0.1) is 0 Å². The Hall–Kier alpha value is -1.08. The molecule has 1 aromatic rings. The number of hydrogen-bond acceptors (Lipinski definition) is 1. The second kappa shape index (κ2) is 11.0. The molecule has 0 radical (unpaired) electrons. The van der Waals surface area contributed by atoms with Gasteiger partial charge >= 0.3 is 0 Å². The molecule has 0 atom stereocenters. The molecule has 0 saturated carbocycles. The van der Waals surface area contributed by atoms with Gasteiger partial charge in [0.15, 0.2) is 0 Å². The van der Waals surface area contributed by atoms with Crippen LogP contribution in [0.4, 0.5) is 0 Å². The molecule has 0 bridgehead atoms. The van der Waals surface area contributed by atoms with E-state index in [2.05, 4.69) is 43.3 Å². The minimum atomic E-state index is 0.726. The lowest BCUT2D eigenvalue weighted by molar-refractivity contribution is 0.157. The Morgan fingerprint density at radius 1 is 0.944 bits per heavy atom. The third-order valence-electron chi connectivity index (χ3n) is 2.97. The zero-order chi connectivity index (χ0) is 12.9. The summed E-state index contributed by atoms with van der Waals surface area (Å²) in [5, 5.41) is 0. The minimum absolute atomic E-state index is 0.726. The molecule has 1 aromatic carbocycles. The van der Waals surface area contributed by atoms with Crippen molar-refractivity contribution >= 4 is 6.08 Å². The van der Waals surface area contributed by atoms with Crippen LogP contribution < -0.4 is 0 Å². The summed E-state index contributed by atoms with van der Waals surface area (Å²) in [5.74, 6) is 0. The van der Waals surface area contributed by atoms with Crippen LogP contribution in [0.2, 0.25) is 0 Å². The number of benzene rings is 1. The molecule has 0 aliphatic rings. The lowest BCUT2D eigenvalue weighted by Gasteiger charge is -2.01. The van der Waals surface area contributed by atoms with Crippen LogP contribution in [0.5, 0.6) is 0 Å². The Morgan fingerprint density at radius 2 is 1.67 bits per heavy atom. The van der Waals surface area contributed by atoms with Gasteiger partial charge in [0.25, 0.3) is 0 Å². The van der Waals surface area contributed by atoms with E-state index in [-0.39, 0.29) is 0 Å². The van der Waals surface area contributed by atoms with E-state index in [1.807, 2.05) is 6.07 Å². The molecule has 0 amide bonds. The Bertz CT molecular complexity index is 303. The van der Waals surface area contributed by atoms with E-state index in [4.69, 9.17) is 4.74 Å². The van der Waals surface area contributed by atoms with Crippen LogP contribution in [0.25, 0.3) is 6.08 Å². The average molecular weight is 246 g/mol. The highest BCUT2D eigenvalue weighted by atomic mass is 16.5. The molecule has 100 valence electrons. The Morgan fingerprint density at radius 3 is 2.44 bits per heavy atom. The van der Waals surface area contributed by atoms with E-state index in [1.54, 1.807) is 0 Å². The standard InChI is InChI=1S/C17H26O/c1-2-3-4-5-6-10-15-18-16-11-14-17-12-8-7-9-13-17/h7-9,11-14H,2-6,10,15-16H2,1H3/b14-11+. The van der Waals surface area contributed by atoms with Crippen LogP contribution in [0.3, 0.4) is 0 Å². The number of hydrogen-bond donors (Lipinski definition) is 0. The first kappa shape index (κ1) is 15.0. The average Bonchev–Trinajstić information content (AvgIpc) is 2.42. The molecule has 0 unspecified atom stereocenters. The number of unbranched alkanes of at least 4 members (excludes halogenated alkanes) is 5. The van der Waals surface area contributed by atoms with E-state index in [1.165, 1.54) is 44.1 Å². The van der Waals surface area contributed by atoms with Crippen LogP contribution in [-0.4, -0.2) is 13.2 Å². The van der Waals surface area contributed by atoms with Crippen molar-refractivity contribution in [2.75, 3.05) is 13.2 Å². The molecule has 0 N–H and O–H groups in total. The molecular weight excluding hydrogens is 220 g/mol. The van der Waals surface area contributed by atoms with Gasteiger partial charge in [0.2, 0.25) is 0 Å². The third-order valence-corrected chi connectivity index (χ3v) is 2.97. The molecular formula is C17H26O. The van der Waals surface area contributed by atoms with Crippen molar-refractivity contribution in [1.82, 2.24) is 0 Å². The maximum Gasteiger partial charge on any atom is 0.0650 e. The summed E-state index contributed by atoms with van der Waals surface area (Å²) in [4.78, 5) is 0. The van der Waals surface area contributed by atoms with Gasteiger partial charge in [-0.3, -0.25) is 0 Å². The highest BCUT2D eigenvalue weighted by molar-refractivity contribution is 5.48. The molecule has 0 aliphatic carbocycles. The smallest absolute Gasteiger partial charge is 0.0650 e. The summed E-state index contributed by atoms with van der Waals surface area (Å²) in [7, 11) is 0. The van der Waals surface area contributed by atoms with Crippen molar-refractivity contribution in [1.29, 1.82) is 0 Å². The molecule has 1 heteroatoms. The van der Waals surface area contributed by atoms with E-state index >= 15 is 0 Å². The van der Waals surface area contributed by atoms with Crippen molar-refractivity contribution < 1.29 is 4.74 Å². The maximum absolute atomic E-state index is 5.58. The van der Waals surface area contributed by atoms with Gasteiger partial charge < -0.3 is 4.74 Å². The van der Waals surface area contributed by atoms with Gasteiger partial charge in [-0.1, -0.05) is 81.5 Å². The molecule has 0 saturated heterocycles. The highest BCUT2D eigenvalue weighted by Gasteiger charge is 1.90. The Kier molecular flexibility index (Phi) is 9.18. The zero-order valence-electron chi connectivity index (χ0n) is 11.6. The second-order valence-corrected chi connectivity index (χ2v) is 4.66. The fourth-order valence-corrected chi connectivity index (χ4v) is 1.88. The summed E-state index contributed by atoms with van der Waals surface area (Å²) >= 11 is 0. The molecule has 0 heterocycles. The number of ether oxygens (including phenoxy) is 1. The van der Waals surface area contributed by atoms with Gasteiger partial charge in [-0.2, -0.15) is 0 Å². The molecule has 0 aromatic heterocycles. The van der Waals surface area contributed by atoms with Gasteiger partial charge in [0.05, 0.1) is 6.61 Å². The van der Waals surface area contributed by atoms with E-state index in [0.29, 0.717) is 0 Å². The molecule has 0 spiro atoms. The summed E-state index contributed by atoms with van der Waals surface area (Å²) < 4.78 is 5.58. The van der Waals surface area contributed by atoms with Crippen molar-refractivity contribution in [3.63, 3.8) is 0 Å². The van der Waals surface area contributed by atoms with Crippen LogP contribution in [0.1, 0.15) is 51.0 Å². The lowest BCUT2D eigenvalue weighted by Crippen LogP contribution is -1.94. The first-order valence-electron chi connectivity index (χ1n) is 7.23. The van der Waals surface area contributed by atoms with Crippen molar-refractivity contribution in [2.24, 2.45) is 0 Å². The highest BCUT2D eigenvalue weighted by Crippen LogP contribution is 2.05. The normalized spacial score (nSPS) is 11.2. The van der Waals surface area contributed by atoms with Crippen molar-refractivity contribution in [3.8, 4) is 0 Å². The number of rotatable bonds is 10. The molecule has 1 nitrogen and oxygen atoms in total. The SMILES string of the molecule is CCCCCCCCOC/C=C/c1ccccc1. The Labute approximate surface area is 112 Å². The van der Waals surface area contributed by atoms with Crippen molar-refractivity contribution in [2.45, 2.75) is 45.4 Å². The fraction of sp³-hybridized carbons (Fsp3) is 0.529. The Balaban J connectivity index is 1.91. The van der Waals surface area contributed by atoms with Crippen molar-refractivity contribution in [3.05, 3.63) is 42.0 Å². The molecule has 0 fully saturated rings. The van der Waals surface area contributed by atoms with Gasteiger partial charge in [0, 0.05) is 6.61 Å². The second-order valence-electron chi connectivity index (χ2n) is 4.66. The van der Waals surface area contributed by atoms with Gasteiger partial charge in [0.1, 0.15) is 0 Å². The third kappa shape index (κ3) is 8.08.